The number of hydrogen-bond acceptors (Lipinski definition) is 4. The molecule has 1 aromatic heterocycles. The van der Waals surface area contributed by atoms with Gasteiger partial charge in [0.1, 0.15) is 0 Å². The number of amides is 1. The Morgan fingerprint density at radius 1 is 1.75 bits per heavy atom. The summed E-state index contributed by atoms with van der Waals surface area (Å²) in [6.07, 6.45) is 0. The van der Waals surface area contributed by atoms with Crippen LogP contribution in [-0.4, -0.2) is 21.4 Å². The number of aromatic nitrogens is 2. The van der Waals surface area contributed by atoms with E-state index in [1.807, 2.05) is 0 Å². The summed E-state index contributed by atoms with van der Waals surface area (Å²) in [4.78, 5) is 14.7. The van der Waals surface area contributed by atoms with Crippen LogP contribution in [0.25, 0.3) is 0 Å². The van der Waals surface area contributed by atoms with Gasteiger partial charge < -0.3 is 9.84 Å². The maximum Gasteiger partial charge on any atom is 0.246 e. The van der Waals surface area contributed by atoms with Crippen LogP contribution in [0.2, 0.25) is 0 Å². The van der Waals surface area contributed by atoms with E-state index >= 15 is 0 Å². The molecule has 1 amide bonds. The van der Waals surface area contributed by atoms with Crippen LogP contribution in [0.1, 0.15) is 11.7 Å². The van der Waals surface area contributed by atoms with Crippen molar-refractivity contribution >= 4 is 21.8 Å². The van der Waals surface area contributed by atoms with E-state index in [-0.39, 0.29) is 17.8 Å². The molecule has 0 fully saturated rings. The van der Waals surface area contributed by atoms with Crippen LogP contribution in [0.3, 0.4) is 0 Å². The number of nitrogens with zero attached hydrogens (tertiary/aromatic N) is 2. The van der Waals surface area contributed by atoms with Crippen molar-refractivity contribution in [2.75, 3.05) is 5.33 Å². The average Bonchev–Trinajstić information content (AvgIpc) is 2.47. The molecule has 1 rings (SSSR count). The van der Waals surface area contributed by atoms with Crippen molar-refractivity contribution in [3.63, 3.8) is 0 Å². The van der Waals surface area contributed by atoms with Gasteiger partial charge in [-0.05, 0) is 6.92 Å². The molecular formula is C6H8BrN3O2. The summed E-state index contributed by atoms with van der Waals surface area (Å²) in [6, 6.07) is 0. The smallest absolute Gasteiger partial charge is 0.246 e. The second-order valence-electron chi connectivity index (χ2n) is 2.15. The minimum Gasteiger partial charge on any atom is -0.346 e. The SMILES string of the molecule is Cc1noc(CNC(=O)CBr)n1. The quantitative estimate of drug-likeness (QED) is 0.768. The van der Waals surface area contributed by atoms with Gasteiger partial charge in [0, 0.05) is 0 Å². The van der Waals surface area contributed by atoms with Gasteiger partial charge in [-0.1, -0.05) is 21.1 Å². The second kappa shape index (κ2) is 4.20. The first-order chi connectivity index (χ1) is 5.72. The predicted octanol–water partition coefficient (Wildman–Crippen LogP) is 0.389. The second-order valence-corrected chi connectivity index (χ2v) is 2.71. The molecule has 1 N–H and O–H groups in total. The van der Waals surface area contributed by atoms with Gasteiger partial charge in [-0.3, -0.25) is 4.79 Å². The standard InChI is InChI=1S/C6H8BrN3O2/c1-4-9-6(12-10-4)3-8-5(11)2-7/h2-3H2,1H3,(H,8,11). The van der Waals surface area contributed by atoms with Gasteiger partial charge in [0.15, 0.2) is 5.82 Å². The van der Waals surface area contributed by atoms with E-state index in [4.69, 9.17) is 4.52 Å². The normalized spacial score (nSPS) is 9.83. The van der Waals surface area contributed by atoms with Crippen LogP contribution in [-0.2, 0) is 11.3 Å². The van der Waals surface area contributed by atoms with Gasteiger partial charge in [-0.2, -0.15) is 4.98 Å². The molecule has 12 heavy (non-hydrogen) atoms. The highest BCUT2D eigenvalue weighted by Crippen LogP contribution is 1.94. The van der Waals surface area contributed by atoms with Crippen LogP contribution in [0.5, 0.6) is 0 Å². The molecule has 0 unspecified atom stereocenters. The molecule has 0 saturated heterocycles. The van der Waals surface area contributed by atoms with Gasteiger partial charge in [0.2, 0.25) is 11.8 Å². The van der Waals surface area contributed by atoms with Gasteiger partial charge in [0.05, 0.1) is 11.9 Å². The van der Waals surface area contributed by atoms with Crippen molar-refractivity contribution in [3.8, 4) is 0 Å². The molecule has 0 aliphatic rings. The molecule has 6 heteroatoms. The summed E-state index contributed by atoms with van der Waals surface area (Å²) >= 11 is 3.01. The Bertz CT molecular complexity index is 274. The number of rotatable bonds is 3. The van der Waals surface area contributed by atoms with E-state index in [1.165, 1.54) is 0 Å². The number of aryl methyl sites for hydroxylation is 1. The minimum atomic E-state index is -0.106. The Hall–Kier alpha value is -0.910. The maximum atomic E-state index is 10.7. The lowest BCUT2D eigenvalue weighted by molar-refractivity contribution is -0.118. The lowest BCUT2D eigenvalue weighted by atomic mass is 10.6. The van der Waals surface area contributed by atoms with Crippen molar-refractivity contribution < 1.29 is 9.32 Å². The van der Waals surface area contributed by atoms with Gasteiger partial charge in [-0.15, -0.1) is 0 Å². The summed E-state index contributed by atoms with van der Waals surface area (Å²) in [7, 11) is 0. The third kappa shape index (κ3) is 2.61. The van der Waals surface area contributed by atoms with Crippen LogP contribution in [0, 0.1) is 6.92 Å². The van der Waals surface area contributed by atoms with E-state index in [0.717, 1.165) is 0 Å². The molecule has 0 aromatic carbocycles. The van der Waals surface area contributed by atoms with E-state index < -0.39 is 0 Å². The summed E-state index contributed by atoms with van der Waals surface area (Å²) in [6.45, 7) is 2.00. The van der Waals surface area contributed by atoms with Crippen molar-refractivity contribution in [1.82, 2.24) is 15.5 Å². The van der Waals surface area contributed by atoms with Crippen LogP contribution >= 0.6 is 15.9 Å². The number of halogens is 1. The maximum absolute atomic E-state index is 10.7. The topological polar surface area (TPSA) is 68.0 Å². The Labute approximate surface area is 77.7 Å². The number of alkyl halides is 1. The first-order valence-corrected chi connectivity index (χ1v) is 4.46. The highest BCUT2D eigenvalue weighted by molar-refractivity contribution is 9.09. The molecule has 1 heterocycles. The van der Waals surface area contributed by atoms with E-state index in [2.05, 4.69) is 31.4 Å². The Balaban J connectivity index is 2.38. The number of nitrogens with one attached hydrogen (secondary N) is 1. The lowest BCUT2D eigenvalue weighted by Crippen LogP contribution is -2.23. The third-order valence-electron chi connectivity index (χ3n) is 1.13. The number of carbonyl (C=O) groups excluding carboxylic acids is 1. The molecule has 0 saturated carbocycles. The van der Waals surface area contributed by atoms with E-state index in [9.17, 15) is 4.79 Å². The number of carbonyl (C=O) groups is 1. The largest absolute Gasteiger partial charge is 0.346 e. The monoisotopic (exact) mass is 233 g/mol. The van der Waals surface area contributed by atoms with Crippen LogP contribution < -0.4 is 5.32 Å². The zero-order chi connectivity index (χ0) is 8.97. The Morgan fingerprint density at radius 3 is 3.00 bits per heavy atom. The predicted molar refractivity (Wildman–Crippen MR) is 44.7 cm³/mol. The summed E-state index contributed by atoms with van der Waals surface area (Å²) < 4.78 is 4.77. The van der Waals surface area contributed by atoms with Gasteiger partial charge in [0.25, 0.3) is 0 Å². The summed E-state index contributed by atoms with van der Waals surface area (Å²) in [5, 5.41) is 6.43. The van der Waals surface area contributed by atoms with Gasteiger partial charge >= 0.3 is 0 Å². The van der Waals surface area contributed by atoms with Crippen molar-refractivity contribution in [1.29, 1.82) is 0 Å². The van der Waals surface area contributed by atoms with Crippen molar-refractivity contribution in [3.05, 3.63) is 11.7 Å². The fraction of sp³-hybridized carbons (Fsp3) is 0.500. The molecular weight excluding hydrogens is 226 g/mol. The molecule has 0 aliphatic carbocycles. The molecule has 1 aromatic rings. The first kappa shape index (κ1) is 9.18. The zero-order valence-electron chi connectivity index (χ0n) is 6.50. The van der Waals surface area contributed by atoms with Crippen molar-refractivity contribution in [2.45, 2.75) is 13.5 Å². The van der Waals surface area contributed by atoms with E-state index in [0.29, 0.717) is 11.7 Å². The minimum absolute atomic E-state index is 0.106. The lowest BCUT2D eigenvalue weighted by Gasteiger charge is -1.95. The zero-order valence-corrected chi connectivity index (χ0v) is 8.09. The molecule has 5 nitrogen and oxygen atoms in total. The Morgan fingerprint density at radius 2 is 2.50 bits per heavy atom. The van der Waals surface area contributed by atoms with E-state index in [1.54, 1.807) is 6.92 Å². The summed E-state index contributed by atoms with van der Waals surface area (Å²) in [5.41, 5.74) is 0. The molecule has 0 bridgehead atoms. The fourth-order valence-electron chi connectivity index (χ4n) is 0.633. The Kier molecular flexibility index (Phi) is 3.21. The van der Waals surface area contributed by atoms with Gasteiger partial charge in [-0.25, -0.2) is 0 Å². The average molecular weight is 234 g/mol. The van der Waals surface area contributed by atoms with Crippen LogP contribution in [0.15, 0.2) is 4.52 Å². The molecule has 0 aliphatic heterocycles. The fourth-order valence-corrected chi connectivity index (χ4v) is 0.832. The highest BCUT2D eigenvalue weighted by atomic mass is 79.9. The molecule has 66 valence electrons. The molecule has 0 spiro atoms. The third-order valence-corrected chi connectivity index (χ3v) is 1.64. The number of hydrogen-bond donors (Lipinski definition) is 1. The van der Waals surface area contributed by atoms with Crippen LogP contribution in [0.4, 0.5) is 0 Å². The van der Waals surface area contributed by atoms with Crippen molar-refractivity contribution in [2.24, 2.45) is 0 Å². The molecule has 0 radical (unpaired) electrons. The summed E-state index contributed by atoms with van der Waals surface area (Å²) in [5.74, 6) is 0.880. The highest BCUT2D eigenvalue weighted by Gasteiger charge is 2.03. The molecule has 0 atom stereocenters. The first-order valence-electron chi connectivity index (χ1n) is 3.34.